The highest BCUT2D eigenvalue weighted by Crippen LogP contribution is 2.19. The van der Waals surface area contributed by atoms with Crippen molar-refractivity contribution < 1.29 is 9.32 Å². The number of benzene rings is 1. The lowest BCUT2D eigenvalue weighted by atomic mass is 10.1. The number of aliphatic hydroxyl groups is 1. The van der Waals surface area contributed by atoms with Crippen LogP contribution in [-0.4, -0.2) is 27.7 Å². The van der Waals surface area contributed by atoms with Gasteiger partial charge in [-0.3, -0.25) is 0 Å². The lowest BCUT2D eigenvalue weighted by molar-refractivity contribution is 0.241. The van der Waals surface area contributed by atoms with Crippen LogP contribution < -0.4 is 0 Å². The van der Waals surface area contributed by atoms with Gasteiger partial charge in [0.15, 0.2) is 0 Å². The highest BCUT2D eigenvalue weighted by atomic mass is 32.2. The Morgan fingerprint density at radius 2 is 1.95 bits per heavy atom. The molecule has 0 aliphatic rings. The Kier molecular flexibility index (Phi) is 5.76. The third-order valence-electron chi connectivity index (χ3n) is 3.00. The van der Waals surface area contributed by atoms with E-state index >= 15 is 0 Å². The van der Waals surface area contributed by atoms with Crippen molar-refractivity contribution in [1.82, 2.24) is 0 Å². The Hall–Kier alpha value is -1.13. The van der Waals surface area contributed by atoms with Gasteiger partial charge in [0.05, 0.1) is 28.1 Å². The Bertz CT molecular complexity index is 526. The fourth-order valence-corrected chi connectivity index (χ4v) is 3.72. The van der Waals surface area contributed by atoms with Crippen LogP contribution in [0.4, 0.5) is 0 Å². The van der Waals surface area contributed by atoms with E-state index < -0.39 is 9.73 Å². The Morgan fingerprint density at radius 3 is 2.37 bits per heavy atom. The number of nitrogens with zero attached hydrogens (tertiary/aromatic N) is 1. The van der Waals surface area contributed by atoms with Crippen LogP contribution in [0.1, 0.15) is 19.4 Å². The van der Waals surface area contributed by atoms with E-state index in [1.165, 1.54) is 0 Å². The van der Waals surface area contributed by atoms with Gasteiger partial charge in [-0.2, -0.15) is 0 Å². The van der Waals surface area contributed by atoms with Gasteiger partial charge in [0, 0.05) is 4.90 Å². The van der Waals surface area contributed by atoms with Gasteiger partial charge in [-0.15, -0.1) is 6.58 Å². The molecule has 0 spiro atoms. The number of aliphatic hydroxyl groups excluding tert-OH is 1. The molecule has 4 heteroatoms. The van der Waals surface area contributed by atoms with Crippen LogP contribution in [0.25, 0.3) is 0 Å². The molecule has 2 atom stereocenters. The van der Waals surface area contributed by atoms with Gasteiger partial charge in [-0.25, -0.2) is 8.57 Å². The number of hydrogen-bond donors (Lipinski definition) is 1. The number of rotatable bonds is 6. The van der Waals surface area contributed by atoms with Crippen molar-refractivity contribution in [3.05, 3.63) is 42.5 Å². The topological polar surface area (TPSA) is 49.7 Å². The van der Waals surface area contributed by atoms with E-state index in [9.17, 15) is 9.32 Å². The maximum absolute atomic E-state index is 13.0. The standard InChI is InChI=1S/C15H23NO2S/c1-5-10-19(18,16-15(11-17)12(2)3)14-8-6-13(4)7-9-14/h5-9,12,15,17H,1,10-11H2,2-4H3/t15-,19+/m1/s1. The molecule has 0 aromatic heterocycles. The van der Waals surface area contributed by atoms with Gasteiger partial charge < -0.3 is 5.11 Å². The molecule has 1 aromatic rings. The summed E-state index contributed by atoms with van der Waals surface area (Å²) in [4.78, 5) is 0.706. The summed E-state index contributed by atoms with van der Waals surface area (Å²) in [5, 5.41) is 9.37. The minimum absolute atomic E-state index is 0.0857. The largest absolute Gasteiger partial charge is 0.394 e. The van der Waals surface area contributed by atoms with Gasteiger partial charge in [0.25, 0.3) is 0 Å². The van der Waals surface area contributed by atoms with Crippen molar-refractivity contribution >= 4 is 9.73 Å². The second-order valence-corrected chi connectivity index (χ2v) is 7.30. The quantitative estimate of drug-likeness (QED) is 0.815. The molecule has 0 amide bonds. The molecule has 0 fully saturated rings. The van der Waals surface area contributed by atoms with Crippen LogP contribution in [0.2, 0.25) is 0 Å². The molecule has 0 saturated heterocycles. The van der Waals surface area contributed by atoms with E-state index in [1.54, 1.807) is 6.08 Å². The summed E-state index contributed by atoms with van der Waals surface area (Å²) >= 11 is 0. The van der Waals surface area contributed by atoms with Crippen LogP contribution in [0, 0.1) is 12.8 Å². The molecule has 0 aliphatic heterocycles. The minimum Gasteiger partial charge on any atom is -0.394 e. The van der Waals surface area contributed by atoms with Crippen LogP contribution in [-0.2, 0) is 9.73 Å². The molecule has 1 aromatic carbocycles. The zero-order valence-electron chi connectivity index (χ0n) is 11.9. The van der Waals surface area contributed by atoms with Crippen LogP contribution >= 0.6 is 0 Å². The highest BCUT2D eigenvalue weighted by molar-refractivity contribution is 7.93. The zero-order valence-corrected chi connectivity index (χ0v) is 12.7. The first kappa shape index (κ1) is 15.9. The summed E-state index contributed by atoms with van der Waals surface area (Å²) in [7, 11) is -2.54. The average Bonchev–Trinajstić information content (AvgIpc) is 2.36. The highest BCUT2D eigenvalue weighted by Gasteiger charge is 2.17. The molecule has 0 radical (unpaired) electrons. The van der Waals surface area contributed by atoms with Crippen LogP contribution in [0.3, 0.4) is 0 Å². The van der Waals surface area contributed by atoms with Gasteiger partial charge in [-0.05, 0) is 25.0 Å². The van der Waals surface area contributed by atoms with E-state index in [2.05, 4.69) is 10.9 Å². The van der Waals surface area contributed by atoms with Gasteiger partial charge in [-0.1, -0.05) is 37.6 Å². The van der Waals surface area contributed by atoms with E-state index in [4.69, 9.17) is 0 Å². The van der Waals surface area contributed by atoms with E-state index in [0.717, 1.165) is 5.56 Å². The van der Waals surface area contributed by atoms with Crippen molar-refractivity contribution in [2.45, 2.75) is 31.7 Å². The van der Waals surface area contributed by atoms with Gasteiger partial charge in [0.1, 0.15) is 0 Å². The molecular weight excluding hydrogens is 258 g/mol. The molecule has 19 heavy (non-hydrogen) atoms. The molecule has 0 bridgehead atoms. The molecule has 106 valence electrons. The fraction of sp³-hybridized carbons (Fsp3) is 0.467. The molecule has 3 nitrogen and oxygen atoms in total. The third-order valence-corrected chi connectivity index (χ3v) is 5.30. The van der Waals surface area contributed by atoms with Crippen molar-refractivity contribution in [1.29, 1.82) is 0 Å². The summed E-state index contributed by atoms with van der Waals surface area (Å²) < 4.78 is 17.4. The average molecular weight is 281 g/mol. The Morgan fingerprint density at radius 1 is 1.37 bits per heavy atom. The Balaban J connectivity index is 3.30. The van der Waals surface area contributed by atoms with Crippen molar-refractivity contribution in [3.63, 3.8) is 0 Å². The summed E-state index contributed by atoms with van der Waals surface area (Å²) in [5.41, 5.74) is 1.12. The first-order valence-electron chi connectivity index (χ1n) is 6.45. The van der Waals surface area contributed by atoms with Crippen LogP contribution in [0.5, 0.6) is 0 Å². The second kappa shape index (κ2) is 6.87. The predicted octanol–water partition coefficient (Wildman–Crippen LogP) is 3.02. The molecule has 1 N–H and O–H groups in total. The lowest BCUT2D eigenvalue weighted by Gasteiger charge is -2.17. The summed E-state index contributed by atoms with van der Waals surface area (Å²) in [6, 6.07) is 7.24. The molecule has 0 aliphatic carbocycles. The summed E-state index contributed by atoms with van der Waals surface area (Å²) in [6.07, 6.45) is 1.63. The van der Waals surface area contributed by atoms with Gasteiger partial charge >= 0.3 is 0 Å². The summed E-state index contributed by atoms with van der Waals surface area (Å²) in [6.45, 7) is 9.50. The molecular formula is C15H23NO2S. The maximum atomic E-state index is 13.0. The van der Waals surface area contributed by atoms with Gasteiger partial charge in [0.2, 0.25) is 0 Å². The summed E-state index contributed by atoms with van der Waals surface area (Å²) in [5.74, 6) is 0.459. The van der Waals surface area contributed by atoms with Crippen LogP contribution in [0.15, 0.2) is 46.2 Å². The molecule has 1 rings (SSSR count). The van der Waals surface area contributed by atoms with E-state index in [0.29, 0.717) is 10.6 Å². The SMILES string of the molecule is C=CC[S@@](=O)(=N[C@H](CO)C(C)C)c1ccc(C)cc1. The lowest BCUT2D eigenvalue weighted by Crippen LogP contribution is -2.21. The van der Waals surface area contributed by atoms with Crippen molar-refractivity contribution in [3.8, 4) is 0 Å². The maximum Gasteiger partial charge on any atom is 0.0850 e. The smallest absolute Gasteiger partial charge is 0.0850 e. The first-order valence-corrected chi connectivity index (χ1v) is 8.13. The molecule has 0 unspecified atom stereocenters. The minimum atomic E-state index is -2.54. The van der Waals surface area contributed by atoms with Crippen molar-refractivity contribution in [2.24, 2.45) is 10.3 Å². The number of aryl methyl sites for hydroxylation is 1. The second-order valence-electron chi connectivity index (χ2n) is 5.01. The monoisotopic (exact) mass is 281 g/mol. The first-order chi connectivity index (χ1) is 8.92. The predicted molar refractivity (Wildman–Crippen MR) is 80.8 cm³/mol. The van der Waals surface area contributed by atoms with E-state index in [1.807, 2.05) is 45.0 Å². The fourth-order valence-electron chi connectivity index (χ4n) is 1.70. The normalized spacial score (nSPS) is 15.8. The van der Waals surface area contributed by atoms with Crippen molar-refractivity contribution in [2.75, 3.05) is 12.4 Å². The third kappa shape index (κ3) is 4.18. The number of hydrogen-bond acceptors (Lipinski definition) is 3. The zero-order chi connectivity index (χ0) is 14.5. The Labute approximate surface area is 116 Å². The molecule has 0 heterocycles. The van der Waals surface area contributed by atoms with E-state index in [-0.39, 0.29) is 18.6 Å². The molecule has 0 saturated carbocycles.